The zero-order valence-electron chi connectivity index (χ0n) is 20.3. The maximum atomic E-state index is 13.3. The molecule has 0 aliphatic heterocycles. The van der Waals surface area contributed by atoms with Crippen LogP contribution in [-0.4, -0.2) is 31.6 Å². The lowest BCUT2D eigenvalue weighted by Crippen LogP contribution is -2.10. The number of nitrogens with two attached hydrogens (primary N) is 2. The largest absolute Gasteiger partial charge is 0.456 e. The summed E-state index contributed by atoms with van der Waals surface area (Å²) in [6, 6.07) is 21.4. The minimum Gasteiger partial charge on any atom is -0.456 e. The molecule has 0 amide bonds. The topological polar surface area (TPSA) is 187 Å². The Morgan fingerprint density at radius 3 is 1.56 bits per heavy atom. The zero-order valence-corrected chi connectivity index (χ0v) is 20.3. The van der Waals surface area contributed by atoms with Crippen molar-refractivity contribution in [3.8, 4) is 22.8 Å². The first-order valence-electron chi connectivity index (χ1n) is 12.0. The molecule has 0 saturated heterocycles. The molecule has 0 spiro atoms. The maximum absolute atomic E-state index is 13.3. The molecule has 7 rings (SSSR count). The van der Waals surface area contributed by atoms with Gasteiger partial charge in [0.15, 0.2) is 0 Å². The molecule has 3 aromatic heterocycles. The highest BCUT2D eigenvalue weighted by Gasteiger charge is 2.14. The van der Waals surface area contributed by atoms with Gasteiger partial charge in [0.1, 0.15) is 34.5 Å². The molecule has 3 heterocycles. The van der Waals surface area contributed by atoms with Crippen LogP contribution in [0.4, 0.5) is 0 Å². The van der Waals surface area contributed by atoms with E-state index in [2.05, 4.69) is 19.9 Å². The molecular weight excluding hydrogens is 492 g/mol. The van der Waals surface area contributed by atoms with Crippen LogP contribution in [0.3, 0.4) is 0 Å². The molecule has 10 heteroatoms. The van der Waals surface area contributed by atoms with Crippen LogP contribution in [0.1, 0.15) is 11.1 Å². The third-order valence-corrected chi connectivity index (χ3v) is 6.81. The van der Waals surface area contributed by atoms with Gasteiger partial charge in [0.25, 0.3) is 0 Å². The molecule has 8 N–H and O–H groups in total. The molecule has 0 aliphatic carbocycles. The standard InChI is InChI=1S/C29H20N8O2/c30-26(31)13-3-7-19-21(9-13)36-28(34-19)15-1-5-17-23(11-15)39-24-12-16(2-6-18(24)25(17)38)29-35-20-8-4-14(27(32)33)10-22(20)37-29/h1-12H,(H3,30,31)(H3,32,33)(H,34,36)(H,35,37). The fourth-order valence-electron chi connectivity index (χ4n) is 4.77. The van der Waals surface area contributed by atoms with E-state index in [4.69, 9.17) is 26.7 Å². The van der Waals surface area contributed by atoms with E-state index in [1.807, 2.05) is 24.3 Å². The Balaban J connectivity index is 1.33. The molecule has 188 valence electrons. The summed E-state index contributed by atoms with van der Waals surface area (Å²) in [7, 11) is 0. The molecule has 0 saturated carbocycles. The number of nitrogens with one attached hydrogen (secondary N) is 4. The molecule has 0 aliphatic rings. The fraction of sp³-hybridized carbons (Fsp3) is 0. The van der Waals surface area contributed by atoms with Crippen molar-refractivity contribution in [2.75, 3.05) is 0 Å². The fourth-order valence-corrected chi connectivity index (χ4v) is 4.77. The van der Waals surface area contributed by atoms with Crippen molar-refractivity contribution in [2.45, 2.75) is 0 Å². The second-order valence-electron chi connectivity index (χ2n) is 9.32. The number of H-pyrrole nitrogens is 2. The molecule has 0 bridgehead atoms. The smallest absolute Gasteiger partial charge is 0.200 e. The van der Waals surface area contributed by atoms with Crippen molar-refractivity contribution in [1.82, 2.24) is 19.9 Å². The number of hydrogen-bond acceptors (Lipinski definition) is 6. The first kappa shape index (κ1) is 22.4. The third-order valence-electron chi connectivity index (χ3n) is 6.81. The summed E-state index contributed by atoms with van der Waals surface area (Å²) in [6.07, 6.45) is 0. The van der Waals surface area contributed by atoms with Gasteiger partial charge in [0, 0.05) is 22.3 Å². The Bertz CT molecular complexity index is 2070. The molecular formula is C29H20N8O2. The van der Waals surface area contributed by atoms with Crippen molar-refractivity contribution < 1.29 is 4.42 Å². The predicted molar refractivity (Wildman–Crippen MR) is 152 cm³/mol. The van der Waals surface area contributed by atoms with Gasteiger partial charge in [-0.15, -0.1) is 0 Å². The van der Waals surface area contributed by atoms with Crippen LogP contribution in [0.5, 0.6) is 0 Å². The number of hydrogen-bond donors (Lipinski definition) is 6. The van der Waals surface area contributed by atoms with Crippen LogP contribution in [0.2, 0.25) is 0 Å². The number of rotatable bonds is 4. The Morgan fingerprint density at radius 1 is 0.667 bits per heavy atom. The molecule has 10 nitrogen and oxygen atoms in total. The minimum atomic E-state index is -0.129. The number of imidazole rings is 2. The average Bonchev–Trinajstić information content (AvgIpc) is 3.56. The summed E-state index contributed by atoms with van der Waals surface area (Å²) in [5.41, 5.74) is 17.6. The van der Waals surface area contributed by atoms with Gasteiger partial charge in [-0.1, -0.05) is 12.1 Å². The van der Waals surface area contributed by atoms with Gasteiger partial charge in [-0.05, 0) is 60.7 Å². The zero-order chi connectivity index (χ0) is 26.8. The van der Waals surface area contributed by atoms with Gasteiger partial charge in [0.05, 0.1) is 32.8 Å². The predicted octanol–water partition coefficient (Wildman–Crippen LogP) is 4.60. The average molecular weight is 513 g/mol. The number of aromatic nitrogens is 4. The molecule has 0 unspecified atom stereocenters. The van der Waals surface area contributed by atoms with E-state index in [-0.39, 0.29) is 17.1 Å². The van der Waals surface area contributed by atoms with Crippen molar-refractivity contribution in [1.29, 1.82) is 10.8 Å². The number of fused-ring (bicyclic) bond motifs is 4. The summed E-state index contributed by atoms with van der Waals surface area (Å²) in [6.45, 7) is 0. The maximum Gasteiger partial charge on any atom is 0.200 e. The molecule has 7 aromatic rings. The summed E-state index contributed by atoms with van der Waals surface area (Å²) in [5, 5.41) is 16.3. The lowest BCUT2D eigenvalue weighted by atomic mass is 10.1. The van der Waals surface area contributed by atoms with Crippen LogP contribution >= 0.6 is 0 Å². The normalized spacial score (nSPS) is 11.6. The quantitative estimate of drug-likeness (QED) is 0.113. The van der Waals surface area contributed by atoms with Crippen molar-refractivity contribution in [3.63, 3.8) is 0 Å². The Morgan fingerprint density at radius 2 is 1.13 bits per heavy atom. The van der Waals surface area contributed by atoms with E-state index in [1.54, 1.807) is 48.5 Å². The second-order valence-corrected chi connectivity index (χ2v) is 9.32. The van der Waals surface area contributed by atoms with Gasteiger partial charge < -0.3 is 25.9 Å². The Kier molecular flexibility index (Phi) is 4.67. The summed E-state index contributed by atoms with van der Waals surface area (Å²) < 4.78 is 6.23. The SMILES string of the molecule is N=C(N)c1ccc2[nH]c(-c3ccc4c(=O)c5ccc(-c6nc7cc(C(=N)N)ccc7[nH]6)cc5oc4c3)nc2c1. The molecule has 39 heavy (non-hydrogen) atoms. The van der Waals surface area contributed by atoms with Crippen LogP contribution in [0, 0.1) is 10.8 Å². The summed E-state index contributed by atoms with van der Waals surface area (Å²) in [4.78, 5) is 29.1. The molecule has 0 atom stereocenters. The molecule has 4 aromatic carbocycles. The van der Waals surface area contributed by atoms with E-state index < -0.39 is 0 Å². The van der Waals surface area contributed by atoms with Gasteiger partial charge in [-0.25, -0.2) is 9.97 Å². The Hall–Kier alpha value is -5.77. The van der Waals surface area contributed by atoms with E-state index in [1.165, 1.54) is 0 Å². The van der Waals surface area contributed by atoms with E-state index in [9.17, 15) is 4.79 Å². The third kappa shape index (κ3) is 3.62. The highest BCUT2D eigenvalue weighted by molar-refractivity contribution is 5.99. The van der Waals surface area contributed by atoms with Gasteiger partial charge in [0.2, 0.25) is 5.43 Å². The summed E-state index contributed by atoms with van der Waals surface area (Å²) in [5.74, 6) is 1.17. The number of aromatic amines is 2. The molecule has 0 fully saturated rings. The van der Waals surface area contributed by atoms with Crippen molar-refractivity contribution in [2.24, 2.45) is 11.5 Å². The first-order chi connectivity index (χ1) is 18.8. The first-order valence-corrected chi connectivity index (χ1v) is 12.0. The lowest BCUT2D eigenvalue weighted by molar-refractivity contribution is 0.660. The summed E-state index contributed by atoms with van der Waals surface area (Å²) >= 11 is 0. The highest BCUT2D eigenvalue weighted by Crippen LogP contribution is 2.29. The van der Waals surface area contributed by atoms with Crippen molar-refractivity contribution in [3.05, 3.63) is 94.1 Å². The van der Waals surface area contributed by atoms with Gasteiger partial charge in [-0.3, -0.25) is 15.6 Å². The monoisotopic (exact) mass is 512 g/mol. The number of amidine groups is 2. The second kappa shape index (κ2) is 8.12. The van der Waals surface area contributed by atoms with E-state index in [0.29, 0.717) is 55.7 Å². The molecule has 0 radical (unpaired) electrons. The van der Waals surface area contributed by atoms with Gasteiger partial charge in [-0.2, -0.15) is 0 Å². The van der Waals surface area contributed by atoms with Crippen molar-refractivity contribution >= 4 is 55.7 Å². The van der Waals surface area contributed by atoms with E-state index in [0.717, 1.165) is 22.2 Å². The van der Waals surface area contributed by atoms with Crippen LogP contribution in [-0.2, 0) is 0 Å². The Labute approximate surface area is 219 Å². The van der Waals surface area contributed by atoms with E-state index >= 15 is 0 Å². The highest BCUT2D eigenvalue weighted by atomic mass is 16.3. The van der Waals surface area contributed by atoms with Crippen LogP contribution < -0.4 is 16.9 Å². The van der Waals surface area contributed by atoms with Gasteiger partial charge >= 0.3 is 0 Å². The number of nitrogen functional groups attached to an aromatic ring is 2. The number of benzene rings is 4. The van der Waals surface area contributed by atoms with Crippen LogP contribution in [0.15, 0.2) is 82.0 Å². The number of nitrogens with zero attached hydrogens (tertiary/aromatic N) is 2. The van der Waals surface area contributed by atoms with Crippen LogP contribution in [0.25, 0.3) is 66.8 Å². The minimum absolute atomic E-state index is 0.0244. The lowest BCUT2D eigenvalue weighted by Gasteiger charge is -2.05.